The Bertz CT molecular complexity index is 1240. The summed E-state index contributed by atoms with van der Waals surface area (Å²) in [5, 5.41) is 6.82. The Labute approximate surface area is 200 Å². The molecule has 2 aromatic heterocycles. The van der Waals surface area contributed by atoms with Crippen molar-refractivity contribution in [1.29, 1.82) is 0 Å². The standard InChI is InChI=1S/C24H22ClFN4O4/c1-24(29-22(31)13-33-16-4-6-18(25)19(26)8-16)9-15(10-24)23-28-21(30-34-23)12-32-17-5-7-20(27-11-17)14-2-3-14/h4-9,11,14H,2-3,10,12-13H2,1H3,(H,29,31). The lowest BCUT2D eigenvalue weighted by molar-refractivity contribution is -0.124. The maximum Gasteiger partial charge on any atom is 0.258 e. The van der Waals surface area contributed by atoms with Gasteiger partial charge < -0.3 is 19.3 Å². The Morgan fingerprint density at radius 3 is 2.76 bits per heavy atom. The third kappa shape index (κ3) is 5.20. The van der Waals surface area contributed by atoms with Crippen LogP contribution < -0.4 is 14.8 Å². The Morgan fingerprint density at radius 2 is 2.06 bits per heavy atom. The smallest absolute Gasteiger partial charge is 0.258 e. The first-order chi connectivity index (χ1) is 16.4. The average molecular weight is 485 g/mol. The normalized spacial score (nSPS) is 19.2. The highest BCUT2D eigenvalue weighted by atomic mass is 35.5. The average Bonchev–Trinajstić information content (AvgIpc) is 3.55. The molecular formula is C24H22ClFN4O4. The number of amides is 1. The zero-order valence-corrected chi connectivity index (χ0v) is 19.1. The molecule has 176 valence electrons. The van der Waals surface area contributed by atoms with Crippen LogP contribution in [0.1, 0.15) is 49.5 Å². The van der Waals surface area contributed by atoms with E-state index < -0.39 is 11.4 Å². The largest absolute Gasteiger partial charge is 0.484 e. The first-order valence-electron chi connectivity index (χ1n) is 10.9. The van der Waals surface area contributed by atoms with Gasteiger partial charge in [-0.2, -0.15) is 4.98 Å². The fourth-order valence-corrected chi connectivity index (χ4v) is 3.85. The fourth-order valence-electron chi connectivity index (χ4n) is 3.73. The number of halogens is 2. The number of pyridine rings is 1. The summed E-state index contributed by atoms with van der Waals surface area (Å²) in [4.78, 5) is 21.0. The minimum Gasteiger partial charge on any atom is -0.484 e. The van der Waals surface area contributed by atoms with Crippen LogP contribution >= 0.6 is 11.6 Å². The SMILES string of the molecule is CC1(NC(=O)COc2ccc(Cl)c(F)c2)C=C(c2nc(COc3ccc(C4CC4)nc3)no2)C1. The lowest BCUT2D eigenvalue weighted by Gasteiger charge is -2.35. The van der Waals surface area contributed by atoms with Gasteiger partial charge >= 0.3 is 0 Å². The van der Waals surface area contributed by atoms with Gasteiger partial charge in [-0.05, 0) is 44.0 Å². The van der Waals surface area contributed by atoms with Crippen molar-refractivity contribution >= 4 is 23.1 Å². The van der Waals surface area contributed by atoms with Crippen molar-refractivity contribution in [2.75, 3.05) is 6.61 Å². The van der Waals surface area contributed by atoms with Gasteiger partial charge in [0.15, 0.2) is 13.2 Å². The number of rotatable bonds is 9. The van der Waals surface area contributed by atoms with E-state index in [1.165, 1.54) is 25.0 Å². The fraction of sp³-hybridized carbons (Fsp3) is 0.333. The van der Waals surface area contributed by atoms with Gasteiger partial charge in [0, 0.05) is 29.7 Å². The first kappa shape index (κ1) is 22.3. The Kier molecular flexibility index (Phi) is 5.95. The van der Waals surface area contributed by atoms with Crippen molar-refractivity contribution in [1.82, 2.24) is 20.4 Å². The van der Waals surface area contributed by atoms with Gasteiger partial charge in [0.25, 0.3) is 11.8 Å². The molecule has 2 aliphatic rings. The molecule has 0 spiro atoms. The van der Waals surface area contributed by atoms with E-state index in [0.717, 1.165) is 17.3 Å². The highest BCUT2D eigenvalue weighted by Crippen LogP contribution is 2.39. The number of hydrogen-bond donors (Lipinski definition) is 1. The van der Waals surface area contributed by atoms with Crippen LogP contribution in [0.25, 0.3) is 5.57 Å². The molecule has 8 nitrogen and oxygen atoms in total. The van der Waals surface area contributed by atoms with Crippen LogP contribution in [0.2, 0.25) is 5.02 Å². The second-order valence-electron chi connectivity index (χ2n) is 8.67. The van der Waals surface area contributed by atoms with Gasteiger partial charge in [0.05, 0.1) is 16.8 Å². The van der Waals surface area contributed by atoms with Crippen LogP contribution in [0.5, 0.6) is 11.5 Å². The summed E-state index contributed by atoms with van der Waals surface area (Å²) in [6, 6.07) is 7.89. The molecule has 3 aromatic rings. The molecule has 0 saturated heterocycles. The maximum absolute atomic E-state index is 13.5. The molecule has 1 N–H and O–H groups in total. The number of carbonyl (C=O) groups excluding carboxylic acids is 1. The van der Waals surface area contributed by atoms with E-state index in [1.54, 1.807) is 6.20 Å². The Balaban J connectivity index is 1.10. The third-order valence-electron chi connectivity index (χ3n) is 5.60. The van der Waals surface area contributed by atoms with Crippen LogP contribution in [0.4, 0.5) is 4.39 Å². The quantitative estimate of drug-likeness (QED) is 0.478. The topological polar surface area (TPSA) is 99.4 Å². The van der Waals surface area contributed by atoms with Gasteiger partial charge in [-0.15, -0.1) is 0 Å². The summed E-state index contributed by atoms with van der Waals surface area (Å²) in [5.41, 5.74) is 1.37. The number of benzene rings is 1. The minimum absolute atomic E-state index is 0.00766. The number of ether oxygens (including phenoxy) is 2. The molecule has 1 amide bonds. The lowest BCUT2D eigenvalue weighted by atomic mass is 9.80. The van der Waals surface area contributed by atoms with Gasteiger partial charge in [-0.25, -0.2) is 4.39 Å². The van der Waals surface area contributed by atoms with Crippen molar-refractivity contribution in [2.45, 2.75) is 44.2 Å². The van der Waals surface area contributed by atoms with E-state index >= 15 is 0 Å². The zero-order valence-electron chi connectivity index (χ0n) is 18.4. The van der Waals surface area contributed by atoms with Crippen LogP contribution in [0.15, 0.2) is 47.1 Å². The van der Waals surface area contributed by atoms with E-state index in [2.05, 4.69) is 20.4 Å². The van der Waals surface area contributed by atoms with Crippen molar-refractivity contribution in [3.05, 3.63) is 70.9 Å². The van der Waals surface area contributed by atoms with Crippen LogP contribution in [0.3, 0.4) is 0 Å². The predicted molar refractivity (Wildman–Crippen MR) is 121 cm³/mol. The summed E-state index contributed by atoms with van der Waals surface area (Å²) in [7, 11) is 0. The Morgan fingerprint density at radius 1 is 1.26 bits per heavy atom. The first-order valence-corrected chi connectivity index (χ1v) is 11.3. The van der Waals surface area contributed by atoms with Crippen molar-refractivity contribution in [2.24, 2.45) is 0 Å². The van der Waals surface area contributed by atoms with E-state index in [-0.39, 0.29) is 29.9 Å². The number of aromatic nitrogens is 3. The molecule has 1 aromatic carbocycles. The van der Waals surface area contributed by atoms with E-state index in [0.29, 0.717) is 29.8 Å². The molecule has 10 heteroatoms. The summed E-state index contributed by atoms with van der Waals surface area (Å²) >= 11 is 5.64. The third-order valence-corrected chi connectivity index (χ3v) is 5.91. The van der Waals surface area contributed by atoms with Crippen molar-refractivity contribution < 1.29 is 23.2 Å². The van der Waals surface area contributed by atoms with Gasteiger partial charge in [0.2, 0.25) is 5.82 Å². The number of nitrogens with one attached hydrogen (secondary N) is 1. The van der Waals surface area contributed by atoms with Crippen LogP contribution in [-0.4, -0.2) is 33.2 Å². The second-order valence-corrected chi connectivity index (χ2v) is 9.08. The number of nitrogens with zero attached hydrogens (tertiary/aromatic N) is 3. The molecule has 2 heterocycles. The lowest BCUT2D eigenvalue weighted by Crippen LogP contribution is -2.50. The molecule has 0 radical (unpaired) electrons. The predicted octanol–water partition coefficient (Wildman–Crippen LogP) is 4.45. The molecule has 1 unspecified atom stereocenters. The highest BCUT2D eigenvalue weighted by molar-refractivity contribution is 6.30. The molecule has 0 bridgehead atoms. The molecule has 0 aliphatic heterocycles. The molecule has 34 heavy (non-hydrogen) atoms. The van der Waals surface area contributed by atoms with E-state index in [9.17, 15) is 9.18 Å². The van der Waals surface area contributed by atoms with Crippen molar-refractivity contribution in [3.63, 3.8) is 0 Å². The van der Waals surface area contributed by atoms with E-state index in [1.807, 2.05) is 25.1 Å². The van der Waals surface area contributed by atoms with E-state index in [4.69, 9.17) is 25.6 Å². The molecule has 1 saturated carbocycles. The van der Waals surface area contributed by atoms with Gasteiger partial charge in [-0.3, -0.25) is 9.78 Å². The molecule has 5 rings (SSSR count). The monoisotopic (exact) mass is 484 g/mol. The minimum atomic E-state index is -0.606. The summed E-state index contributed by atoms with van der Waals surface area (Å²) < 4.78 is 29.8. The maximum atomic E-state index is 13.5. The van der Waals surface area contributed by atoms with Gasteiger partial charge in [0.1, 0.15) is 17.3 Å². The molecular weight excluding hydrogens is 463 g/mol. The number of hydrogen-bond acceptors (Lipinski definition) is 7. The molecule has 1 atom stereocenters. The van der Waals surface area contributed by atoms with Crippen LogP contribution in [-0.2, 0) is 11.4 Å². The molecule has 2 aliphatic carbocycles. The van der Waals surface area contributed by atoms with Crippen molar-refractivity contribution in [3.8, 4) is 11.5 Å². The summed E-state index contributed by atoms with van der Waals surface area (Å²) in [5.74, 6) is 1.34. The Hall–Kier alpha value is -3.46. The number of carbonyl (C=O) groups is 1. The zero-order chi connectivity index (χ0) is 23.7. The van der Waals surface area contributed by atoms with Crippen LogP contribution in [0, 0.1) is 5.82 Å². The second kappa shape index (κ2) is 9.06. The molecule has 1 fully saturated rings. The van der Waals surface area contributed by atoms with Gasteiger partial charge in [-0.1, -0.05) is 22.8 Å². The summed E-state index contributed by atoms with van der Waals surface area (Å²) in [6.45, 7) is 1.78. The highest BCUT2D eigenvalue weighted by Gasteiger charge is 2.36. The summed E-state index contributed by atoms with van der Waals surface area (Å²) in [6.07, 6.45) is 6.49.